The molecule has 5 rings (SSSR count). The van der Waals surface area contributed by atoms with Crippen LogP contribution in [0.2, 0.25) is 0 Å². The molecule has 10 heteroatoms. The topological polar surface area (TPSA) is 103 Å². The van der Waals surface area contributed by atoms with Gasteiger partial charge in [-0.2, -0.15) is 0 Å². The summed E-state index contributed by atoms with van der Waals surface area (Å²) in [5.74, 6) is 2.95. The molecule has 2 aromatic heterocycles. The fraction of sp³-hybridized carbons (Fsp3) is 0.367. The van der Waals surface area contributed by atoms with E-state index < -0.39 is 29.1 Å². The normalized spacial score (nSPS) is 16.4. The molecule has 0 spiro atoms. The minimum atomic E-state index is -1.18. The summed E-state index contributed by atoms with van der Waals surface area (Å²) in [5, 5.41) is 13.0. The maximum Gasteiger partial charge on any atom is 0.134 e. The molecule has 0 bridgehead atoms. The smallest absolute Gasteiger partial charge is 0.134 e. The Labute approximate surface area is 230 Å². The lowest BCUT2D eigenvalue weighted by molar-refractivity contribution is 0.0543. The number of benzene rings is 2. The number of hydrazine groups is 1. The van der Waals surface area contributed by atoms with Gasteiger partial charge in [-0.3, -0.25) is 4.98 Å². The second-order valence-electron chi connectivity index (χ2n) is 11.1. The summed E-state index contributed by atoms with van der Waals surface area (Å²) in [5.41, 5.74) is 8.85. The van der Waals surface area contributed by atoms with Gasteiger partial charge >= 0.3 is 0 Å². The van der Waals surface area contributed by atoms with Gasteiger partial charge in [-0.05, 0) is 57.2 Å². The van der Waals surface area contributed by atoms with Gasteiger partial charge in [-0.1, -0.05) is 12.1 Å². The molecule has 1 atom stereocenters. The van der Waals surface area contributed by atoms with Crippen molar-refractivity contribution in [2.75, 3.05) is 20.3 Å². The molecule has 2 aromatic carbocycles. The van der Waals surface area contributed by atoms with Gasteiger partial charge < -0.3 is 25.2 Å². The number of nitrogens with zero attached hydrogens (tertiary/aromatic N) is 3. The third kappa shape index (κ3) is 4.91. The highest BCUT2D eigenvalue weighted by Gasteiger charge is 2.35. The van der Waals surface area contributed by atoms with Crippen molar-refractivity contribution in [1.29, 1.82) is 0 Å². The van der Waals surface area contributed by atoms with Gasteiger partial charge in [0.05, 0.1) is 33.9 Å². The summed E-state index contributed by atoms with van der Waals surface area (Å²) in [6, 6.07) is 7.91. The number of aliphatic hydroxyl groups is 1. The van der Waals surface area contributed by atoms with E-state index >= 15 is 8.78 Å². The molecule has 0 amide bonds. The number of ether oxygens (including phenoxy) is 1. The fourth-order valence-corrected chi connectivity index (χ4v) is 5.87. The zero-order chi connectivity index (χ0) is 28.9. The number of hydrogen-bond acceptors (Lipinski definition) is 6. The highest BCUT2D eigenvalue weighted by molar-refractivity contribution is 6.06. The number of rotatable bonds is 6. The lowest BCUT2D eigenvalue weighted by atomic mass is 9.86. The lowest BCUT2D eigenvalue weighted by Crippen LogP contribution is -2.29. The lowest BCUT2D eigenvalue weighted by Gasteiger charge is -2.33. The first-order valence-electron chi connectivity index (χ1n) is 13.2. The molecule has 212 valence electrons. The van der Waals surface area contributed by atoms with Crippen molar-refractivity contribution in [3.63, 3.8) is 0 Å². The Kier molecular flexibility index (Phi) is 7.28. The Morgan fingerprint density at radius 2 is 1.75 bits per heavy atom. The second-order valence-corrected chi connectivity index (χ2v) is 11.1. The molecule has 3 heterocycles. The van der Waals surface area contributed by atoms with Gasteiger partial charge in [0.15, 0.2) is 0 Å². The van der Waals surface area contributed by atoms with Crippen molar-refractivity contribution >= 4 is 27.6 Å². The average molecular weight is 554 g/mol. The molecule has 5 N–H and O–H groups in total. The Morgan fingerprint density at radius 3 is 2.33 bits per heavy atom. The zero-order valence-electron chi connectivity index (χ0n) is 23.0. The SMILES string of the molecule is C/C(N)=C(\c1cnc2c3ccc(C(C)(C)O)cc3n(C(c3c(F)cc(F)cc3F)C3CCOCC3)c2c1)N(C)N. The van der Waals surface area contributed by atoms with Gasteiger partial charge in [-0.15, -0.1) is 0 Å². The van der Waals surface area contributed by atoms with E-state index in [1.54, 1.807) is 34.0 Å². The van der Waals surface area contributed by atoms with Crippen LogP contribution in [0.4, 0.5) is 13.2 Å². The van der Waals surface area contributed by atoms with Crippen LogP contribution in [0.1, 0.15) is 56.3 Å². The van der Waals surface area contributed by atoms with Crippen molar-refractivity contribution in [3.05, 3.63) is 82.4 Å². The maximum atomic E-state index is 15.6. The molecule has 40 heavy (non-hydrogen) atoms. The standard InChI is InChI=1S/C30H34F3N5O2/c1-16(34)28(37(4)35)18-11-25-27(36-15-18)21-6-5-19(30(2,3)39)12-24(21)38(25)29(17-7-9-40-10-8-17)26-22(32)13-20(31)14-23(26)33/h5-6,11-15,17,29,39H,7-10,34-35H2,1-4H3/b28-16-. The number of allylic oxidation sites excluding steroid dienone is 1. The van der Waals surface area contributed by atoms with Gasteiger partial charge in [-0.25, -0.2) is 19.0 Å². The number of fused-ring (bicyclic) bond motifs is 3. The Morgan fingerprint density at radius 1 is 1.10 bits per heavy atom. The van der Waals surface area contributed by atoms with Crippen LogP contribution < -0.4 is 11.6 Å². The van der Waals surface area contributed by atoms with E-state index in [0.29, 0.717) is 77.3 Å². The van der Waals surface area contributed by atoms with E-state index in [4.69, 9.17) is 21.3 Å². The van der Waals surface area contributed by atoms with E-state index in [9.17, 15) is 9.50 Å². The van der Waals surface area contributed by atoms with Crippen molar-refractivity contribution in [2.45, 2.75) is 45.3 Å². The summed E-state index contributed by atoms with van der Waals surface area (Å²) in [7, 11) is 1.66. The Bertz CT molecular complexity index is 1590. The highest BCUT2D eigenvalue weighted by atomic mass is 19.1. The molecule has 4 aromatic rings. The van der Waals surface area contributed by atoms with E-state index in [1.807, 2.05) is 28.8 Å². The Balaban J connectivity index is 1.92. The van der Waals surface area contributed by atoms with Gasteiger partial charge in [0.2, 0.25) is 0 Å². The minimum Gasteiger partial charge on any atom is -0.401 e. The fourth-order valence-electron chi connectivity index (χ4n) is 5.87. The number of hydrogen-bond donors (Lipinski definition) is 3. The number of nitrogens with two attached hydrogens (primary N) is 2. The number of halogens is 3. The highest BCUT2D eigenvalue weighted by Crippen LogP contribution is 2.43. The van der Waals surface area contributed by atoms with Crippen molar-refractivity contribution in [3.8, 4) is 0 Å². The van der Waals surface area contributed by atoms with Crippen molar-refractivity contribution < 1.29 is 23.0 Å². The first-order chi connectivity index (χ1) is 18.9. The van der Waals surface area contributed by atoms with Gasteiger partial charge in [0.25, 0.3) is 0 Å². The number of aromatic nitrogens is 2. The van der Waals surface area contributed by atoms with Crippen molar-refractivity contribution in [1.82, 2.24) is 14.6 Å². The molecule has 7 nitrogen and oxygen atoms in total. The van der Waals surface area contributed by atoms with Crippen LogP contribution in [0.3, 0.4) is 0 Å². The molecule has 1 fully saturated rings. The van der Waals surface area contributed by atoms with Gasteiger partial charge in [0, 0.05) is 60.8 Å². The monoisotopic (exact) mass is 553 g/mol. The zero-order valence-corrected chi connectivity index (χ0v) is 23.0. The van der Waals surface area contributed by atoms with Crippen LogP contribution in [0.15, 0.2) is 48.3 Å². The molecule has 1 aliphatic heterocycles. The summed E-state index contributed by atoms with van der Waals surface area (Å²) >= 11 is 0. The van der Waals surface area contributed by atoms with E-state index in [0.717, 1.165) is 5.39 Å². The van der Waals surface area contributed by atoms with Crippen LogP contribution in [-0.4, -0.2) is 39.9 Å². The first-order valence-corrected chi connectivity index (χ1v) is 13.2. The second kappa shape index (κ2) is 10.4. The molecular formula is C30H34F3N5O2. The summed E-state index contributed by atoms with van der Waals surface area (Å²) < 4.78 is 52.6. The van der Waals surface area contributed by atoms with Crippen molar-refractivity contribution in [2.24, 2.45) is 17.5 Å². The third-order valence-corrected chi connectivity index (χ3v) is 7.68. The molecule has 0 saturated carbocycles. The Hall–Kier alpha value is -3.60. The molecule has 1 saturated heterocycles. The first kappa shape index (κ1) is 27.9. The molecule has 0 radical (unpaired) electrons. The van der Waals surface area contributed by atoms with Crippen LogP contribution >= 0.6 is 0 Å². The van der Waals surface area contributed by atoms with E-state index in [2.05, 4.69) is 0 Å². The number of pyridine rings is 1. The quantitative estimate of drug-likeness (QED) is 0.221. The third-order valence-electron chi connectivity index (χ3n) is 7.68. The molecular weight excluding hydrogens is 519 g/mol. The molecule has 1 aliphatic rings. The average Bonchev–Trinajstić information content (AvgIpc) is 3.18. The minimum absolute atomic E-state index is 0.229. The van der Waals surface area contributed by atoms with Crippen LogP contribution in [0.25, 0.3) is 27.6 Å². The van der Waals surface area contributed by atoms with Gasteiger partial charge in [0.1, 0.15) is 17.5 Å². The maximum absolute atomic E-state index is 15.6. The molecule has 1 unspecified atom stereocenters. The van der Waals surface area contributed by atoms with Crippen LogP contribution in [0, 0.1) is 23.4 Å². The van der Waals surface area contributed by atoms with Crippen LogP contribution in [0.5, 0.6) is 0 Å². The summed E-state index contributed by atoms with van der Waals surface area (Å²) in [6.07, 6.45) is 2.74. The largest absolute Gasteiger partial charge is 0.401 e. The van der Waals surface area contributed by atoms with E-state index in [-0.39, 0.29) is 11.5 Å². The predicted molar refractivity (Wildman–Crippen MR) is 149 cm³/mol. The summed E-state index contributed by atoms with van der Waals surface area (Å²) in [6.45, 7) is 5.93. The van der Waals surface area contributed by atoms with E-state index in [1.165, 1.54) is 5.01 Å². The van der Waals surface area contributed by atoms with Crippen LogP contribution in [-0.2, 0) is 10.3 Å². The predicted octanol–water partition coefficient (Wildman–Crippen LogP) is 5.30. The molecule has 0 aliphatic carbocycles. The summed E-state index contributed by atoms with van der Waals surface area (Å²) in [4.78, 5) is 4.76.